The zero-order valence-electron chi connectivity index (χ0n) is 12.2. The molecule has 6 heteroatoms. The normalized spacial score (nSPS) is 12.1. The van der Waals surface area contributed by atoms with Gasteiger partial charge in [0.1, 0.15) is 11.6 Å². The van der Waals surface area contributed by atoms with Gasteiger partial charge >= 0.3 is 12.1 Å². The second-order valence-corrected chi connectivity index (χ2v) is 5.55. The minimum absolute atomic E-state index is 0.0735. The largest absolute Gasteiger partial charge is 0.480 e. The predicted octanol–water partition coefficient (Wildman–Crippen LogP) is 2.08. The molecule has 2 N–H and O–H groups in total. The van der Waals surface area contributed by atoms with E-state index in [0.717, 1.165) is 0 Å². The summed E-state index contributed by atoms with van der Waals surface area (Å²) in [5.41, 5.74) is 0.389. The highest BCUT2D eigenvalue weighted by molar-refractivity contribution is 5.80. The van der Waals surface area contributed by atoms with Gasteiger partial charge in [0.25, 0.3) is 0 Å². The molecule has 0 aliphatic rings. The van der Waals surface area contributed by atoms with E-state index in [9.17, 15) is 14.7 Å². The van der Waals surface area contributed by atoms with Crippen molar-refractivity contribution in [1.82, 2.24) is 5.32 Å². The maximum absolute atomic E-state index is 11.6. The standard InChI is InChI=1S/C15H18N2O4/c1-15(2,3)21-14(20)17-12(13(18)19)8-10-5-4-6-11(7-10)9-16/h4-7,12H,8H2,1-3H3,(H,17,20)(H,18,19)/t12-/m1/s1. The van der Waals surface area contributed by atoms with Crippen molar-refractivity contribution in [3.05, 3.63) is 35.4 Å². The molecule has 0 bridgehead atoms. The zero-order chi connectivity index (χ0) is 16.0. The lowest BCUT2D eigenvalue weighted by Crippen LogP contribution is -2.44. The molecule has 0 saturated carbocycles. The average Bonchev–Trinajstić information content (AvgIpc) is 2.36. The van der Waals surface area contributed by atoms with Gasteiger partial charge in [-0.15, -0.1) is 0 Å². The van der Waals surface area contributed by atoms with Gasteiger partial charge in [0.15, 0.2) is 0 Å². The number of rotatable bonds is 4. The molecule has 1 amide bonds. The molecule has 0 spiro atoms. The van der Waals surface area contributed by atoms with Crippen molar-refractivity contribution in [1.29, 1.82) is 5.26 Å². The van der Waals surface area contributed by atoms with Crippen LogP contribution in [0.4, 0.5) is 4.79 Å². The third kappa shape index (κ3) is 5.95. The molecule has 0 radical (unpaired) electrons. The van der Waals surface area contributed by atoms with E-state index in [0.29, 0.717) is 11.1 Å². The van der Waals surface area contributed by atoms with Crippen LogP contribution in [0.25, 0.3) is 0 Å². The maximum atomic E-state index is 11.6. The summed E-state index contributed by atoms with van der Waals surface area (Å²) in [6.45, 7) is 5.08. The van der Waals surface area contributed by atoms with Gasteiger partial charge < -0.3 is 15.2 Å². The first-order valence-corrected chi connectivity index (χ1v) is 6.42. The molecule has 0 aromatic heterocycles. The van der Waals surface area contributed by atoms with E-state index >= 15 is 0 Å². The number of carboxylic acid groups (broad SMARTS) is 1. The molecule has 0 fully saturated rings. The van der Waals surface area contributed by atoms with Crippen molar-refractivity contribution in [3.63, 3.8) is 0 Å². The number of ether oxygens (including phenoxy) is 1. The van der Waals surface area contributed by atoms with E-state index in [1.807, 2.05) is 6.07 Å². The lowest BCUT2D eigenvalue weighted by molar-refractivity contribution is -0.139. The summed E-state index contributed by atoms with van der Waals surface area (Å²) in [7, 11) is 0. The second-order valence-electron chi connectivity index (χ2n) is 5.55. The van der Waals surface area contributed by atoms with Crippen LogP contribution < -0.4 is 5.32 Å². The average molecular weight is 290 g/mol. The number of hydrogen-bond donors (Lipinski definition) is 2. The van der Waals surface area contributed by atoms with Crippen LogP contribution in [0.15, 0.2) is 24.3 Å². The molecular formula is C15H18N2O4. The number of nitrogens with one attached hydrogen (secondary N) is 1. The highest BCUT2D eigenvalue weighted by Gasteiger charge is 2.24. The van der Waals surface area contributed by atoms with Gasteiger partial charge in [0, 0.05) is 6.42 Å². The fourth-order valence-corrected chi connectivity index (χ4v) is 1.65. The first-order chi connectivity index (χ1) is 9.71. The quantitative estimate of drug-likeness (QED) is 0.884. The summed E-state index contributed by atoms with van der Waals surface area (Å²) in [6, 6.07) is 7.45. The van der Waals surface area contributed by atoms with Gasteiger partial charge in [-0.2, -0.15) is 5.26 Å². The molecular weight excluding hydrogens is 272 g/mol. The summed E-state index contributed by atoms with van der Waals surface area (Å²) >= 11 is 0. The Morgan fingerprint density at radius 3 is 2.62 bits per heavy atom. The number of hydrogen-bond acceptors (Lipinski definition) is 4. The van der Waals surface area contributed by atoms with Gasteiger partial charge in [0.05, 0.1) is 11.6 Å². The predicted molar refractivity (Wildman–Crippen MR) is 75.7 cm³/mol. The lowest BCUT2D eigenvalue weighted by Gasteiger charge is -2.22. The van der Waals surface area contributed by atoms with E-state index in [-0.39, 0.29) is 6.42 Å². The Labute approximate surface area is 123 Å². The van der Waals surface area contributed by atoms with Crippen LogP contribution >= 0.6 is 0 Å². The Morgan fingerprint density at radius 1 is 1.43 bits per heavy atom. The Bertz CT molecular complexity index is 570. The Morgan fingerprint density at radius 2 is 2.10 bits per heavy atom. The molecule has 1 rings (SSSR count). The van der Waals surface area contributed by atoms with Crippen LogP contribution in [0, 0.1) is 11.3 Å². The molecule has 0 aliphatic heterocycles. The summed E-state index contributed by atoms with van der Waals surface area (Å²) in [6.07, 6.45) is -0.712. The minimum atomic E-state index is -1.16. The monoisotopic (exact) mass is 290 g/mol. The van der Waals surface area contributed by atoms with E-state index in [4.69, 9.17) is 10.00 Å². The first kappa shape index (κ1) is 16.5. The fraction of sp³-hybridized carbons (Fsp3) is 0.400. The molecule has 1 aromatic rings. The first-order valence-electron chi connectivity index (χ1n) is 6.42. The van der Waals surface area contributed by atoms with E-state index in [1.54, 1.807) is 45.0 Å². The van der Waals surface area contributed by atoms with Gasteiger partial charge in [0.2, 0.25) is 0 Å². The van der Waals surface area contributed by atoms with Crippen LogP contribution in [0.2, 0.25) is 0 Å². The molecule has 1 aromatic carbocycles. The van der Waals surface area contributed by atoms with Crippen molar-refractivity contribution >= 4 is 12.1 Å². The smallest absolute Gasteiger partial charge is 0.408 e. The topological polar surface area (TPSA) is 99.4 Å². The number of aliphatic carboxylic acids is 1. The Hall–Kier alpha value is -2.55. The van der Waals surface area contributed by atoms with Crippen molar-refractivity contribution in [2.24, 2.45) is 0 Å². The highest BCUT2D eigenvalue weighted by atomic mass is 16.6. The van der Waals surface area contributed by atoms with Crippen LogP contribution in [0.5, 0.6) is 0 Å². The van der Waals surface area contributed by atoms with Crippen LogP contribution in [-0.2, 0) is 16.0 Å². The van der Waals surface area contributed by atoms with Gasteiger partial charge in [-0.1, -0.05) is 12.1 Å². The number of nitriles is 1. The molecule has 21 heavy (non-hydrogen) atoms. The van der Waals surface area contributed by atoms with Crippen molar-refractivity contribution in [2.75, 3.05) is 0 Å². The minimum Gasteiger partial charge on any atom is -0.480 e. The molecule has 6 nitrogen and oxygen atoms in total. The maximum Gasteiger partial charge on any atom is 0.408 e. The van der Waals surface area contributed by atoms with Crippen LogP contribution in [-0.4, -0.2) is 28.8 Å². The molecule has 112 valence electrons. The number of nitrogens with zero attached hydrogens (tertiary/aromatic N) is 1. The summed E-state index contributed by atoms with van der Waals surface area (Å²) < 4.78 is 5.04. The molecule has 0 unspecified atom stereocenters. The highest BCUT2D eigenvalue weighted by Crippen LogP contribution is 2.10. The number of benzene rings is 1. The molecule has 0 aliphatic carbocycles. The zero-order valence-corrected chi connectivity index (χ0v) is 12.2. The fourth-order valence-electron chi connectivity index (χ4n) is 1.65. The molecule has 0 saturated heterocycles. The summed E-state index contributed by atoms with van der Waals surface area (Å²) in [4.78, 5) is 22.9. The van der Waals surface area contributed by atoms with Crippen LogP contribution in [0.3, 0.4) is 0 Å². The number of alkyl carbamates (subject to hydrolysis) is 1. The number of carbonyl (C=O) groups is 2. The summed E-state index contributed by atoms with van der Waals surface area (Å²) in [5.74, 6) is -1.16. The lowest BCUT2D eigenvalue weighted by atomic mass is 10.0. The molecule has 0 heterocycles. The van der Waals surface area contributed by atoms with Crippen LogP contribution in [0.1, 0.15) is 31.9 Å². The molecule has 1 atom stereocenters. The number of carboxylic acids is 1. The SMILES string of the molecule is CC(C)(C)OC(=O)N[C@H](Cc1cccc(C#N)c1)C(=O)O. The van der Waals surface area contributed by atoms with E-state index in [2.05, 4.69) is 5.32 Å². The van der Waals surface area contributed by atoms with Gasteiger partial charge in [-0.25, -0.2) is 9.59 Å². The number of carbonyl (C=O) groups excluding carboxylic acids is 1. The Kier molecular flexibility index (Phi) is 5.30. The van der Waals surface area contributed by atoms with E-state index < -0.39 is 23.7 Å². The van der Waals surface area contributed by atoms with Crippen molar-refractivity contribution in [3.8, 4) is 6.07 Å². The van der Waals surface area contributed by atoms with Gasteiger partial charge in [-0.3, -0.25) is 0 Å². The second kappa shape index (κ2) is 6.75. The Balaban J connectivity index is 2.77. The van der Waals surface area contributed by atoms with Gasteiger partial charge in [-0.05, 0) is 38.5 Å². The van der Waals surface area contributed by atoms with Crippen molar-refractivity contribution < 1.29 is 19.4 Å². The third-order valence-electron chi connectivity index (χ3n) is 2.48. The third-order valence-corrected chi connectivity index (χ3v) is 2.48. The van der Waals surface area contributed by atoms with E-state index in [1.165, 1.54) is 0 Å². The summed E-state index contributed by atoms with van der Waals surface area (Å²) in [5, 5.41) is 20.3. The van der Waals surface area contributed by atoms with Crippen molar-refractivity contribution in [2.45, 2.75) is 38.8 Å². The number of amides is 1.